The van der Waals surface area contributed by atoms with Gasteiger partial charge in [0.25, 0.3) is 0 Å². The first-order chi connectivity index (χ1) is 8.67. The van der Waals surface area contributed by atoms with Crippen LogP contribution in [0, 0.1) is 17.3 Å². The first-order valence-electron chi connectivity index (χ1n) is 6.95. The van der Waals surface area contributed by atoms with Gasteiger partial charge in [-0.15, -0.1) is 0 Å². The molecular weight excluding hydrogens is 244 g/mol. The van der Waals surface area contributed by atoms with E-state index in [0.29, 0.717) is 13.1 Å². The van der Waals surface area contributed by atoms with E-state index >= 15 is 0 Å². The molecule has 5 heteroatoms. The Kier molecular flexibility index (Phi) is 4.96. The molecule has 0 bridgehead atoms. The molecule has 1 saturated heterocycles. The van der Waals surface area contributed by atoms with Gasteiger partial charge in [0.1, 0.15) is 0 Å². The Morgan fingerprint density at radius 2 is 1.95 bits per heavy atom. The Labute approximate surface area is 115 Å². The van der Waals surface area contributed by atoms with Crippen LogP contribution in [0.25, 0.3) is 0 Å². The number of nitrogens with zero attached hydrogens (tertiary/aromatic N) is 1. The van der Waals surface area contributed by atoms with Gasteiger partial charge in [-0.05, 0) is 38.5 Å². The summed E-state index contributed by atoms with van der Waals surface area (Å²) in [6.07, 6.45) is 1.69. The zero-order valence-corrected chi connectivity index (χ0v) is 12.3. The monoisotopic (exact) mass is 270 g/mol. The topological polar surface area (TPSA) is 83.6 Å². The number of nitrogens with two attached hydrogens (primary N) is 1. The normalized spacial score (nSPS) is 22.4. The number of piperidine rings is 1. The maximum Gasteiger partial charge on any atom is 0.309 e. The molecule has 0 saturated carbocycles. The second-order valence-electron chi connectivity index (χ2n) is 6.42. The number of likely N-dealkylation sites (tertiary alicyclic amines) is 1. The molecule has 2 atom stereocenters. The highest BCUT2D eigenvalue weighted by Gasteiger charge is 2.40. The molecule has 1 fully saturated rings. The van der Waals surface area contributed by atoms with Crippen molar-refractivity contribution in [2.24, 2.45) is 23.0 Å². The fraction of sp³-hybridized carbons (Fsp3) is 0.857. The molecule has 1 unspecified atom stereocenters. The summed E-state index contributed by atoms with van der Waals surface area (Å²) in [6.45, 7) is 8.49. The van der Waals surface area contributed by atoms with Gasteiger partial charge in [-0.25, -0.2) is 0 Å². The molecule has 1 heterocycles. The molecule has 0 aromatic rings. The second-order valence-corrected chi connectivity index (χ2v) is 6.42. The highest BCUT2D eigenvalue weighted by Crippen LogP contribution is 2.34. The van der Waals surface area contributed by atoms with Crippen LogP contribution >= 0.6 is 0 Å². The summed E-state index contributed by atoms with van der Waals surface area (Å²) in [6, 6.07) is -0.494. The Morgan fingerprint density at radius 3 is 2.42 bits per heavy atom. The van der Waals surface area contributed by atoms with Crippen molar-refractivity contribution in [3.8, 4) is 0 Å². The summed E-state index contributed by atoms with van der Waals surface area (Å²) in [7, 11) is 0. The highest BCUT2D eigenvalue weighted by atomic mass is 16.4. The lowest BCUT2D eigenvalue weighted by atomic mass is 9.74. The number of aliphatic carboxylic acids is 1. The number of carboxylic acids is 1. The molecule has 1 amide bonds. The molecule has 0 aromatic heterocycles. The Bertz CT molecular complexity index is 353. The van der Waals surface area contributed by atoms with E-state index in [2.05, 4.69) is 0 Å². The summed E-state index contributed by atoms with van der Waals surface area (Å²) < 4.78 is 0. The molecule has 1 rings (SSSR count). The summed E-state index contributed by atoms with van der Waals surface area (Å²) >= 11 is 0. The SMILES string of the molecule is CC(C)[C@@H](N)C(=O)N1CCCC(C(C)(C)C(=O)O)C1. The van der Waals surface area contributed by atoms with Crippen LogP contribution in [-0.2, 0) is 9.59 Å². The van der Waals surface area contributed by atoms with Crippen LogP contribution in [0.15, 0.2) is 0 Å². The summed E-state index contributed by atoms with van der Waals surface area (Å²) in [5.74, 6) is -0.775. The fourth-order valence-electron chi connectivity index (χ4n) is 2.44. The quantitative estimate of drug-likeness (QED) is 0.807. The molecule has 110 valence electrons. The molecule has 0 aromatic carbocycles. The van der Waals surface area contributed by atoms with Crippen LogP contribution in [0.4, 0.5) is 0 Å². The third kappa shape index (κ3) is 3.47. The summed E-state index contributed by atoms with van der Waals surface area (Å²) in [5, 5.41) is 9.29. The average molecular weight is 270 g/mol. The summed E-state index contributed by atoms with van der Waals surface area (Å²) in [5.41, 5.74) is 5.09. The molecule has 0 radical (unpaired) electrons. The van der Waals surface area contributed by atoms with Crippen molar-refractivity contribution in [3.05, 3.63) is 0 Å². The van der Waals surface area contributed by atoms with Gasteiger partial charge in [-0.3, -0.25) is 9.59 Å². The van der Waals surface area contributed by atoms with Crippen molar-refractivity contribution >= 4 is 11.9 Å². The van der Waals surface area contributed by atoms with Crippen molar-refractivity contribution in [1.29, 1.82) is 0 Å². The van der Waals surface area contributed by atoms with Gasteiger partial charge in [-0.1, -0.05) is 13.8 Å². The Balaban J connectivity index is 2.75. The predicted octanol–water partition coefficient (Wildman–Crippen LogP) is 1.32. The van der Waals surface area contributed by atoms with Gasteiger partial charge in [0, 0.05) is 13.1 Å². The molecule has 0 aliphatic carbocycles. The van der Waals surface area contributed by atoms with E-state index in [4.69, 9.17) is 5.73 Å². The lowest BCUT2D eigenvalue weighted by Crippen LogP contribution is -2.52. The van der Waals surface area contributed by atoms with Gasteiger partial charge in [0.05, 0.1) is 11.5 Å². The molecule has 3 N–H and O–H groups in total. The number of carbonyl (C=O) groups excluding carboxylic acids is 1. The van der Waals surface area contributed by atoms with Crippen LogP contribution in [0.5, 0.6) is 0 Å². The van der Waals surface area contributed by atoms with E-state index in [9.17, 15) is 14.7 Å². The smallest absolute Gasteiger partial charge is 0.309 e. The number of hydrogen-bond acceptors (Lipinski definition) is 3. The second kappa shape index (κ2) is 5.90. The van der Waals surface area contributed by atoms with E-state index in [1.54, 1.807) is 18.7 Å². The van der Waals surface area contributed by atoms with Crippen molar-refractivity contribution in [2.45, 2.75) is 46.6 Å². The van der Waals surface area contributed by atoms with Crippen LogP contribution in [-0.4, -0.2) is 41.0 Å². The Hall–Kier alpha value is -1.10. The minimum absolute atomic E-state index is 0.0120. The van der Waals surface area contributed by atoms with E-state index in [-0.39, 0.29) is 17.7 Å². The summed E-state index contributed by atoms with van der Waals surface area (Å²) in [4.78, 5) is 25.3. The fourth-order valence-corrected chi connectivity index (χ4v) is 2.44. The molecule has 19 heavy (non-hydrogen) atoms. The predicted molar refractivity (Wildman–Crippen MR) is 73.5 cm³/mol. The molecule has 0 spiro atoms. The minimum atomic E-state index is -0.806. The number of amides is 1. The van der Waals surface area contributed by atoms with Crippen molar-refractivity contribution in [2.75, 3.05) is 13.1 Å². The van der Waals surface area contributed by atoms with E-state index in [1.807, 2.05) is 13.8 Å². The minimum Gasteiger partial charge on any atom is -0.481 e. The Morgan fingerprint density at radius 1 is 1.37 bits per heavy atom. The molecule has 1 aliphatic heterocycles. The zero-order valence-electron chi connectivity index (χ0n) is 12.3. The third-order valence-corrected chi connectivity index (χ3v) is 4.31. The number of rotatable bonds is 4. The maximum absolute atomic E-state index is 12.2. The molecule has 1 aliphatic rings. The van der Waals surface area contributed by atoms with Gasteiger partial charge < -0.3 is 15.7 Å². The van der Waals surface area contributed by atoms with Gasteiger partial charge >= 0.3 is 5.97 Å². The average Bonchev–Trinajstić information content (AvgIpc) is 2.36. The highest BCUT2D eigenvalue weighted by molar-refractivity contribution is 5.82. The number of hydrogen-bond donors (Lipinski definition) is 2. The van der Waals surface area contributed by atoms with Crippen molar-refractivity contribution < 1.29 is 14.7 Å². The van der Waals surface area contributed by atoms with Crippen LogP contribution < -0.4 is 5.73 Å². The molecule has 5 nitrogen and oxygen atoms in total. The van der Waals surface area contributed by atoms with Crippen molar-refractivity contribution in [3.63, 3.8) is 0 Å². The van der Waals surface area contributed by atoms with Crippen molar-refractivity contribution in [1.82, 2.24) is 4.90 Å². The zero-order chi connectivity index (χ0) is 14.8. The lowest BCUT2D eigenvalue weighted by Gasteiger charge is -2.40. The molecular formula is C14H26N2O3. The van der Waals surface area contributed by atoms with E-state index < -0.39 is 17.4 Å². The largest absolute Gasteiger partial charge is 0.481 e. The van der Waals surface area contributed by atoms with E-state index in [1.165, 1.54) is 0 Å². The van der Waals surface area contributed by atoms with Crippen LogP contribution in [0.2, 0.25) is 0 Å². The van der Waals surface area contributed by atoms with Gasteiger partial charge in [-0.2, -0.15) is 0 Å². The maximum atomic E-state index is 12.2. The number of carbonyl (C=O) groups is 2. The van der Waals surface area contributed by atoms with Crippen LogP contribution in [0.3, 0.4) is 0 Å². The van der Waals surface area contributed by atoms with Gasteiger partial charge in [0.2, 0.25) is 5.91 Å². The standard InChI is InChI=1S/C14H26N2O3/c1-9(2)11(15)12(17)16-7-5-6-10(8-16)14(3,4)13(18)19/h9-11H,5-8,15H2,1-4H3,(H,18,19)/t10?,11-/m1/s1. The first kappa shape index (κ1) is 16.0. The lowest BCUT2D eigenvalue weighted by molar-refractivity contribution is -0.153. The van der Waals surface area contributed by atoms with Crippen LogP contribution in [0.1, 0.15) is 40.5 Å². The van der Waals surface area contributed by atoms with E-state index in [0.717, 1.165) is 12.8 Å². The third-order valence-electron chi connectivity index (χ3n) is 4.31. The van der Waals surface area contributed by atoms with Gasteiger partial charge in [0.15, 0.2) is 0 Å². The first-order valence-corrected chi connectivity index (χ1v) is 6.95. The number of carboxylic acid groups (broad SMARTS) is 1.